The summed E-state index contributed by atoms with van der Waals surface area (Å²) in [4.78, 5) is 62.4. The fourth-order valence-corrected chi connectivity index (χ4v) is 11.7. The summed E-state index contributed by atoms with van der Waals surface area (Å²) in [5, 5.41) is 21.6. The van der Waals surface area contributed by atoms with Gasteiger partial charge in [-0.15, -0.1) is 11.3 Å². The molecule has 3 fully saturated rings. The molecule has 10 nitrogen and oxygen atoms in total. The molecular weight excluding hydrogens is 806 g/mol. The topological polar surface area (TPSA) is 125 Å². The largest absolute Gasteiger partial charge is 0.508 e. The van der Waals surface area contributed by atoms with Gasteiger partial charge in [-0.3, -0.25) is 28.8 Å². The maximum Gasteiger partial charge on any atom is 0.242 e. The van der Waals surface area contributed by atoms with E-state index in [9.17, 15) is 19.5 Å². The van der Waals surface area contributed by atoms with Gasteiger partial charge >= 0.3 is 0 Å². The fraction of sp³-hybridized carbons (Fsp3) is 0.239. The Bertz CT molecular complexity index is 2820. The summed E-state index contributed by atoms with van der Waals surface area (Å²) >= 11 is 14.5. The number of para-hydroxylation sites is 1. The average molecular weight is 843 g/mol. The lowest BCUT2D eigenvalue weighted by molar-refractivity contribution is -0.131. The van der Waals surface area contributed by atoms with Crippen LogP contribution >= 0.6 is 34.5 Å². The lowest BCUT2D eigenvalue weighted by Gasteiger charge is -2.49. The van der Waals surface area contributed by atoms with Gasteiger partial charge in [-0.25, -0.2) is 4.90 Å². The standard InChI is InChI=1S/C46H37Cl2N5O5S/c1-23-31-19-25(48)10-18-37(31)59-41(23)35-22-38(51(3)50-35)53-43(56)34-21-32-29(40(46(34,2)45(53)58)33-20-24(47)9-17-36(33)54)15-16-30-39(32)44(57)52(42(30)55)28-13-11-27(12-14-28)49-26-7-5-4-6-8-26/h4-15,17-20,22,30,32,34,39-40,49,54H,16,21H2,1-3H3. The number of thiophene rings is 1. The average Bonchev–Trinajstić information content (AvgIpc) is 3.89. The first-order chi connectivity index (χ1) is 28.3. The second kappa shape index (κ2) is 13.7. The van der Waals surface area contributed by atoms with Crippen LogP contribution in [0.15, 0.2) is 109 Å². The highest BCUT2D eigenvalue weighted by atomic mass is 35.5. The third-order valence-corrected chi connectivity index (χ3v) is 14.7. The number of imide groups is 2. The summed E-state index contributed by atoms with van der Waals surface area (Å²) in [6.45, 7) is 3.78. The molecule has 296 valence electrons. The third kappa shape index (κ3) is 5.62. The molecule has 1 saturated carbocycles. The van der Waals surface area contributed by atoms with Crippen molar-refractivity contribution in [1.82, 2.24) is 9.78 Å². The molecule has 0 radical (unpaired) electrons. The zero-order valence-electron chi connectivity index (χ0n) is 32.1. The third-order valence-electron chi connectivity index (χ3n) is 13.0. The fourth-order valence-electron chi connectivity index (χ4n) is 10.2. The number of anilines is 4. The first-order valence-electron chi connectivity index (χ1n) is 19.4. The first kappa shape index (κ1) is 37.5. The summed E-state index contributed by atoms with van der Waals surface area (Å²) in [6, 6.07) is 29.0. The maximum atomic E-state index is 15.2. The Morgan fingerprint density at radius 2 is 1.54 bits per heavy atom. The van der Waals surface area contributed by atoms with Crippen molar-refractivity contribution in [2.24, 2.45) is 36.1 Å². The van der Waals surface area contributed by atoms with Crippen LogP contribution < -0.4 is 15.1 Å². The number of amides is 4. The molecule has 4 aliphatic rings. The Morgan fingerprint density at radius 1 is 0.831 bits per heavy atom. The molecule has 4 aromatic carbocycles. The zero-order valence-corrected chi connectivity index (χ0v) is 34.5. The Morgan fingerprint density at radius 3 is 2.31 bits per heavy atom. The second-order valence-corrected chi connectivity index (χ2v) is 18.0. The van der Waals surface area contributed by atoms with Gasteiger partial charge in [-0.1, -0.05) is 53.1 Å². The first-order valence-corrected chi connectivity index (χ1v) is 21.0. The van der Waals surface area contributed by atoms with Crippen LogP contribution in [0.3, 0.4) is 0 Å². The van der Waals surface area contributed by atoms with Gasteiger partial charge in [0.1, 0.15) is 17.3 Å². The molecule has 0 spiro atoms. The van der Waals surface area contributed by atoms with E-state index in [2.05, 4.69) is 5.32 Å². The van der Waals surface area contributed by atoms with Crippen molar-refractivity contribution in [2.45, 2.75) is 32.6 Å². The van der Waals surface area contributed by atoms with Crippen molar-refractivity contribution in [2.75, 3.05) is 15.1 Å². The van der Waals surface area contributed by atoms with Crippen molar-refractivity contribution in [3.05, 3.63) is 130 Å². The SMILES string of the molecule is Cc1c(-c2cc(N3C(=O)C4CC5C(=CCC6C(=O)N(c7ccc(Nc8ccccc8)cc7)C(=O)C65)C(c5cc(Cl)ccc5O)C4(C)C3=O)n(C)n2)sc2ccc(Cl)cc12. The molecule has 6 unspecified atom stereocenters. The van der Waals surface area contributed by atoms with Gasteiger partial charge in [0, 0.05) is 50.7 Å². The minimum absolute atomic E-state index is 0.0791. The molecule has 13 heteroatoms. The number of carbonyl (C=O) groups is 4. The summed E-state index contributed by atoms with van der Waals surface area (Å²) in [5.41, 5.74) is 3.53. The lowest BCUT2D eigenvalue weighted by atomic mass is 9.51. The van der Waals surface area contributed by atoms with Gasteiger partial charge in [-0.05, 0) is 116 Å². The van der Waals surface area contributed by atoms with Crippen molar-refractivity contribution < 1.29 is 24.3 Å². The van der Waals surface area contributed by atoms with Gasteiger partial charge in [0.05, 0.1) is 33.7 Å². The molecule has 4 amide bonds. The Labute approximate surface area is 353 Å². The molecule has 10 rings (SSSR count). The van der Waals surface area contributed by atoms with E-state index in [0.717, 1.165) is 37.5 Å². The number of fused-ring (bicyclic) bond motifs is 5. The van der Waals surface area contributed by atoms with Crippen LogP contribution in [0.4, 0.5) is 22.9 Å². The molecule has 2 aliphatic carbocycles. The number of aromatic hydroxyl groups is 1. The second-order valence-electron chi connectivity index (χ2n) is 16.1. The minimum atomic E-state index is -1.38. The molecule has 2 aromatic heterocycles. The van der Waals surface area contributed by atoms with E-state index >= 15 is 4.79 Å². The van der Waals surface area contributed by atoms with Crippen LogP contribution in [0.2, 0.25) is 10.0 Å². The number of aromatic nitrogens is 2. The quantitative estimate of drug-likeness (QED) is 0.126. The summed E-state index contributed by atoms with van der Waals surface area (Å²) in [6.07, 6.45) is 2.38. The van der Waals surface area contributed by atoms with E-state index in [4.69, 9.17) is 28.3 Å². The summed E-state index contributed by atoms with van der Waals surface area (Å²) in [5.74, 6) is -4.99. The van der Waals surface area contributed by atoms with Crippen molar-refractivity contribution in [3.8, 4) is 16.3 Å². The van der Waals surface area contributed by atoms with Crippen molar-refractivity contribution in [1.29, 1.82) is 0 Å². The van der Waals surface area contributed by atoms with Crippen LogP contribution in [-0.4, -0.2) is 38.5 Å². The number of phenolic OH excluding ortho intramolecular Hbond substituents is 1. The monoisotopic (exact) mass is 841 g/mol. The number of nitrogens with one attached hydrogen (secondary N) is 1. The Hall–Kier alpha value is -5.75. The van der Waals surface area contributed by atoms with Gasteiger partial charge < -0.3 is 10.4 Å². The normalized spacial score (nSPS) is 25.0. The summed E-state index contributed by atoms with van der Waals surface area (Å²) < 4.78 is 2.59. The van der Waals surface area contributed by atoms with E-state index in [1.165, 1.54) is 15.9 Å². The highest BCUT2D eigenvalue weighted by Crippen LogP contribution is 2.64. The number of allylic oxidation sites excluding steroid dienone is 2. The Kier molecular flexibility index (Phi) is 8.68. The molecule has 6 atom stereocenters. The predicted octanol–water partition coefficient (Wildman–Crippen LogP) is 9.80. The van der Waals surface area contributed by atoms with E-state index in [1.54, 1.807) is 60.3 Å². The van der Waals surface area contributed by atoms with Crippen molar-refractivity contribution >= 4 is 91.1 Å². The summed E-state index contributed by atoms with van der Waals surface area (Å²) in [7, 11) is 1.71. The van der Waals surface area contributed by atoms with E-state index in [1.807, 2.05) is 73.7 Å². The minimum Gasteiger partial charge on any atom is -0.508 e. The van der Waals surface area contributed by atoms with Crippen LogP contribution in [0.1, 0.15) is 36.8 Å². The van der Waals surface area contributed by atoms with Crippen LogP contribution in [0.5, 0.6) is 5.75 Å². The predicted molar refractivity (Wildman–Crippen MR) is 230 cm³/mol. The van der Waals surface area contributed by atoms with Gasteiger partial charge in [-0.2, -0.15) is 5.10 Å². The van der Waals surface area contributed by atoms with Gasteiger partial charge in [0.15, 0.2) is 0 Å². The van der Waals surface area contributed by atoms with Gasteiger partial charge in [0.2, 0.25) is 23.6 Å². The van der Waals surface area contributed by atoms with Crippen molar-refractivity contribution in [3.63, 3.8) is 0 Å². The zero-order chi connectivity index (χ0) is 41.1. The number of nitrogens with zero attached hydrogens (tertiary/aromatic N) is 4. The number of halogens is 2. The maximum absolute atomic E-state index is 15.2. The molecule has 6 aromatic rings. The smallest absolute Gasteiger partial charge is 0.242 e. The number of aryl methyl sites for hydroxylation is 2. The van der Waals surface area contributed by atoms with Crippen LogP contribution in [0.25, 0.3) is 20.7 Å². The molecule has 2 N–H and O–H groups in total. The molecular formula is C46H37Cl2N5O5S. The van der Waals surface area contributed by atoms with Gasteiger partial charge in [0.25, 0.3) is 0 Å². The molecule has 2 aliphatic heterocycles. The lowest BCUT2D eigenvalue weighted by Crippen LogP contribution is -2.49. The highest BCUT2D eigenvalue weighted by Gasteiger charge is 2.68. The number of phenols is 1. The number of hydrogen-bond acceptors (Lipinski definition) is 8. The van der Waals surface area contributed by atoms with E-state index < -0.39 is 46.8 Å². The van der Waals surface area contributed by atoms with Crippen LogP contribution in [-0.2, 0) is 26.2 Å². The number of hydrogen-bond donors (Lipinski definition) is 2. The Balaban J connectivity index is 1.03. The molecule has 2 saturated heterocycles. The molecule has 0 bridgehead atoms. The highest BCUT2D eigenvalue weighted by molar-refractivity contribution is 7.22. The molecule has 59 heavy (non-hydrogen) atoms. The van der Waals surface area contributed by atoms with E-state index in [-0.39, 0.29) is 30.4 Å². The van der Waals surface area contributed by atoms with E-state index in [0.29, 0.717) is 32.8 Å². The number of carbonyl (C=O) groups excluding carboxylic acids is 4. The molecule has 4 heterocycles. The number of rotatable bonds is 6. The van der Waals surface area contributed by atoms with Crippen LogP contribution in [0, 0.1) is 36.0 Å². The number of benzene rings is 4.